The Bertz CT molecular complexity index is 377. The van der Waals surface area contributed by atoms with Gasteiger partial charge in [-0.05, 0) is 18.8 Å². The summed E-state index contributed by atoms with van der Waals surface area (Å²) < 4.78 is 1.52. The Morgan fingerprint density at radius 3 is 2.77 bits per heavy atom. The van der Waals surface area contributed by atoms with Gasteiger partial charge in [0.1, 0.15) is 5.75 Å². The van der Waals surface area contributed by atoms with E-state index in [2.05, 4.69) is 0 Å². The van der Waals surface area contributed by atoms with Crippen LogP contribution in [0.25, 0.3) is 0 Å². The van der Waals surface area contributed by atoms with Crippen LogP contribution in [0.4, 0.5) is 0 Å². The highest BCUT2D eigenvalue weighted by Gasteiger charge is 2.22. The van der Waals surface area contributed by atoms with E-state index in [1.165, 1.54) is 17.1 Å². The molecule has 0 saturated heterocycles. The zero-order valence-electron chi connectivity index (χ0n) is 7.66. The van der Waals surface area contributed by atoms with E-state index in [4.69, 9.17) is 0 Å². The number of hydrogen-bond donors (Lipinski definition) is 1. The molecule has 1 aromatic rings. The summed E-state index contributed by atoms with van der Waals surface area (Å²) in [5, 5.41) is 9.54. The molecule has 1 aliphatic carbocycles. The van der Waals surface area contributed by atoms with Crippen LogP contribution in [0.2, 0.25) is 0 Å². The monoisotopic (exact) mass is 179 g/mol. The number of hydrogen-bond acceptors (Lipinski definition) is 2. The lowest BCUT2D eigenvalue weighted by Crippen LogP contribution is -2.18. The van der Waals surface area contributed by atoms with Gasteiger partial charge in [-0.3, -0.25) is 4.79 Å². The largest absolute Gasteiger partial charge is 0.507 e. The molecule has 0 spiro atoms. The molecular formula is C10H13NO2. The van der Waals surface area contributed by atoms with E-state index in [9.17, 15) is 9.90 Å². The number of pyridine rings is 1. The van der Waals surface area contributed by atoms with Crippen LogP contribution in [-0.4, -0.2) is 9.67 Å². The summed E-state index contributed by atoms with van der Waals surface area (Å²) in [5.74, 6) is 0.625. The predicted molar refractivity (Wildman–Crippen MR) is 49.9 cm³/mol. The van der Waals surface area contributed by atoms with Crippen LogP contribution in [0.5, 0.6) is 5.75 Å². The molecule has 0 bridgehead atoms. The van der Waals surface area contributed by atoms with Gasteiger partial charge < -0.3 is 9.67 Å². The first-order valence-corrected chi connectivity index (χ1v) is 4.58. The second kappa shape index (κ2) is 2.91. The van der Waals surface area contributed by atoms with E-state index in [0.717, 1.165) is 18.4 Å². The minimum atomic E-state index is -0.152. The van der Waals surface area contributed by atoms with Crippen LogP contribution in [0.1, 0.15) is 30.7 Å². The molecule has 0 atom stereocenters. The third kappa shape index (κ3) is 1.34. The van der Waals surface area contributed by atoms with Crippen molar-refractivity contribution in [2.45, 2.75) is 25.2 Å². The molecule has 0 radical (unpaired) electrons. The first-order chi connectivity index (χ1) is 6.18. The van der Waals surface area contributed by atoms with Crippen molar-refractivity contribution < 1.29 is 5.11 Å². The number of aromatic hydroxyl groups is 1. The molecule has 1 heterocycles. The fourth-order valence-corrected chi connectivity index (χ4v) is 1.67. The smallest absolute Gasteiger partial charge is 0.253 e. The summed E-state index contributed by atoms with van der Waals surface area (Å²) in [5.41, 5.74) is 0.772. The Balaban J connectivity index is 2.45. The molecule has 13 heavy (non-hydrogen) atoms. The standard InChI is InChI=1S/C10H13NO2/c1-11-6-8(7-3-2-4-7)9(12)5-10(11)13/h5-7,12H,2-4H2,1H3. The van der Waals surface area contributed by atoms with Crippen LogP contribution >= 0.6 is 0 Å². The minimum Gasteiger partial charge on any atom is -0.507 e. The molecule has 0 aliphatic heterocycles. The van der Waals surface area contributed by atoms with Crippen molar-refractivity contribution in [3.8, 4) is 5.75 Å². The summed E-state index contributed by atoms with van der Waals surface area (Å²) >= 11 is 0. The summed E-state index contributed by atoms with van der Waals surface area (Å²) in [4.78, 5) is 11.1. The molecule has 1 fully saturated rings. The van der Waals surface area contributed by atoms with Crippen molar-refractivity contribution in [2.24, 2.45) is 7.05 Å². The Kier molecular flexibility index (Phi) is 1.87. The average Bonchev–Trinajstić information content (AvgIpc) is 1.96. The van der Waals surface area contributed by atoms with Gasteiger partial charge in [0.05, 0.1) is 0 Å². The highest BCUT2D eigenvalue weighted by molar-refractivity contribution is 5.33. The molecular weight excluding hydrogens is 166 g/mol. The number of nitrogens with zero attached hydrogens (tertiary/aromatic N) is 1. The molecule has 2 rings (SSSR count). The summed E-state index contributed by atoms with van der Waals surface area (Å²) in [6.45, 7) is 0. The van der Waals surface area contributed by atoms with E-state index in [-0.39, 0.29) is 11.3 Å². The normalized spacial score (nSPS) is 17.0. The fourth-order valence-electron chi connectivity index (χ4n) is 1.67. The zero-order chi connectivity index (χ0) is 9.42. The van der Waals surface area contributed by atoms with Gasteiger partial charge in [-0.1, -0.05) is 6.42 Å². The molecule has 0 aromatic carbocycles. The second-order valence-electron chi connectivity index (χ2n) is 3.69. The quantitative estimate of drug-likeness (QED) is 0.707. The highest BCUT2D eigenvalue weighted by Crippen LogP contribution is 2.39. The van der Waals surface area contributed by atoms with Crippen molar-refractivity contribution in [3.05, 3.63) is 28.2 Å². The molecule has 0 amide bonds. The maximum Gasteiger partial charge on any atom is 0.253 e. The van der Waals surface area contributed by atoms with Gasteiger partial charge in [-0.2, -0.15) is 0 Å². The molecule has 70 valence electrons. The maximum absolute atomic E-state index is 11.1. The van der Waals surface area contributed by atoms with Crippen LogP contribution in [0.15, 0.2) is 17.1 Å². The van der Waals surface area contributed by atoms with Crippen LogP contribution < -0.4 is 5.56 Å². The second-order valence-corrected chi connectivity index (χ2v) is 3.69. The van der Waals surface area contributed by atoms with E-state index < -0.39 is 0 Å². The molecule has 0 unspecified atom stereocenters. The van der Waals surface area contributed by atoms with Gasteiger partial charge in [-0.15, -0.1) is 0 Å². The molecule has 1 saturated carbocycles. The van der Waals surface area contributed by atoms with Crippen molar-refractivity contribution in [1.29, 1.82) is 0 Å². The minimum absolute atomic E-state index is 0.152. The van der Waals surface area contributed by atoms with Crippen molar-refractivity contribution >= 4 is 0 Å². The van der Waals surface area contributed by atoms with Crippen molar-refractivity contribution in [1.82, 2.24) is 4.57 Å². The van der Waals surface area contributed by atoms with Crippen molar-refractivity contribution in [3.63, 3.8) is 0 Å². The Morgan fingerprint density at radius 2 is 2.23 bits per heavy atom. The lowest BCUT2D eigenvalue weighted by atomic mass is 9.80. The topological polar surface area (TPSA) is 42.2 Å². The Morgan fingerprint density at radius 1 is 1.54 bits per heavy atom. The summed E-state index contributed by atoms with van der Waals surface area (Å²) in [6, 6.07) is 1.30. The van der Waals surface area contributed by atoms with E-state index in [0.29, 0.717) is 5.92 Å². The van der Waals surface area contributed by atoms with Gasteiger partial charge in [0.15, 0.2) is 0 Å². The first kappa shape index (κ1) is 8.35. The van der Waals surface area contributed by atoms with Gasteiger partial charge in [-0.25, -0.2) is 0 Å². The number of rotatable bonds is 1. The molecule has 3 heteroatoms. The molecule has 3 nitrogen and oxygen atoms in total. The predicted octanol–water partition coefficient (Wildman–Crippen LogP) is 1.36. The van der Waals surface area contributed by atoms with E-state index in [1.807, 2.05) is 0 Å². The number of aryl methyl sites for hydroxylation is 1. The number of aromatic nitrogens is 1. The first-order valence-electron chi connectivity index (χ1n) is 4.58. The van der Waals surface area contributed by atoms with Crippen LogP contribution in [0.3, 0.4) is 0 Å². The lowest BCUT2D eigenvalue weighted by Gasteiger charge is -2.26. The average molecular weight is 179 g/mol. The third-order valence-corrected chi connectivity index (χ3v) is 2.78. The van der Waals surface area contributed by atoms with Gasteiger partial charge in [0.25, 0.3) is 5.56 Å². The third-order valence-electron chi connectivity index (χ3n) is 2.78. The van der Waals surface area contributed by atoms with E-state index in [1.54, 1.807) is 13.2 Å². The molecule has 1 N–H and O–H groups in total. The van der Waals surface area contributed by atoms with Gasteiger partial charge in [0.2, 0.25) is 0 Å². The fraction of sp³-hybridized carbons (Fsp3) is 0.500. The summed E-state index contributed by atoms with van der Waals surface area (Å²) in [7, 11) is 1.71. The maximum atomic E-state index is 11.1. The van der Waals surface area contributed by atoms with Gasteiger partial charge >= 0.3 is 0 Å². The zero-order valence-corrected chi connectivity index (χ0v) is 7.66. The molecule has 1 aliphatic rings. The SMILES string of the molecule is Cn1cc(C2CCC2)c(O)cc1=O. The Hall–Kier alpha value is -1.25. The lowest BCUT2D eigenvalue weighted by molar-refractivity contribution is 0.389. The van der Waals surface area contributed by atoms with Crippen LogP contribution in [0, 0.1) is 0 Å². The van der Waals surface area contributed by atoms with Gasteiger partial charge in [0, 0.05) is 24.9 Å². The van der Waals surface area contributed by atoms with E-state index >= 15 is 0 Å². The van der Waals surface area contributed by atoms with Crippen LogP contribution in [-0.2, 0) is 7.05 Å². The highest BCUT2D eigenvalue weighted by atomic mass is 16.3. The summed E-state index contributed by atoms with van der Waals surface area (Å²) in [6.07, 6.45) is 5.24. The van der Waals surface area contributed by atoms with Crippen molar-refractivity contribution in [2.75, 3.05) is 0 Å². The molecule has 1 aromatic heterocycles. The Labute approximate surface area is 76.6 Å².